The molecule has 2 aromatic rings. The van der Waals surface area contributed by atoms with Gasteiger partial charge in [-0.1, -0.05) is 12.1 Å². The number of hydrazine groups is 1. The van der Waals surface area contributed by atoms with Gasteiger partial charge in [-0.3, -0.25) is 25.2 Å². The van der Waals surface area contributed by atoms with E-state index in [1.807, 2.05) is 26.0 Å². The van der Waals surface area contributed by atoms with Gasteiger partial charge >= 0.3 is 0 Å². The van der Waals surface area contributed by atoms with Crippen molar-refractivity contribution in [3.8, 4) is 0 Å². The van der Waals surface area contributed by atoms with Crippen LogP contribution in [0.2, 0.25) is 0 Å². The minimum Gasteiger partial charge on any atom is -0.469 e. The Morgan fingerprint density at radius 3 is 2.33 bits per heavy atom. The Labute approximate surface area is 140 Å². The second kappa shape index (κ2) is 7.59. The molecule has 2 N–H and O–H groups in total. The first-order chi connectivity index (χ1) is 11.4. The van der Waals surface area contributed by atoms with Crippen LogP contribution in [0.4, 0.5) is 0 Å². The Balaban J connectivity index is 1.80. The minimum atomic E-state index is -0.463. The summed E-state index contributed by atoms with van der Waals surface area (Å²) in [5.74, 6) is -0.534. The molecular weight excluding hydrogens is 308 g/mol. The summed E-state index contributed by atoms with van der Waals surface area (Å²) in [5.41, 5.74) is 7.67. The summed E-state index contributed by atoms with van der Waals surface area (Å²) < 4.78 is 5.02. The Hall–Kier alpha value is -2.89. The molecule has 0 radical (unpaired) electrons. The summed E-state index contributed by atoms with van der Waals surface area (Å²) in [6, 6.07) is 6.97. The van der Waals surface area contributed by atoms with Crippen molar-refractivity contribution in [1.82, 2.24) is 10.9 Å². The second-order valence-electron chi connectivity index (χ2n) is 5.61. The third-order valence-corrected chi connectivity index (χ3v) is 3.83. The van der Waals surface area contributed by atoms with E-state index in [1.54, 1.807) is 13.0 Å². The smallest absolute Gasteiger partial charge is 0.273 e. The number of furan rings is 1. The molecule has 0 spiro atoms. The van der Waals surface area contributed by atoms with Gasteiger partial charge in [0.25, 0.3) is 5.91 Å². The molecule has 0 aliphatic carbocycles. The fourth-order valence-corrected chi connectivity index (χ4v) is 2.16. The van der Waals surface area contributed by atoms with E-state index in [4.69, 9.17) is 4.42 Å². The lowest BCUT2D eigenvalue weighted by molar-refractivity contribution is -0.121. The molecule has 0 aliphatic rings. The number of hydrogen-bond donors (Lipinski definition) is 2. The molecule has 0 saturated heterocycles. The molecule has 0 fully saturated rings. The van der Waals surface area contributed by atoms with Crippen molar-refractivity contribution in [2.45, 2.75) is 33.6 Å². The predicted octanol–water partition coefficient (Wildman–Crippen LogP) is 2.63. The number of amides is 2. The normalized spacial score (nSPS) is 10.3. The van der Waals surface area contributed by atoms with Crippen molar-refractivity contribution < 1.29 is 18.8 Å². The largest absolute Gasteiger partial charge is 0.469 e. The average Bonchev–Trinajstić information content (AvgIpc) is 2.99. The van der Waals surface area contributed by atoms with E-state index in [-0.39, 0.29) is 18.6 Å². The zero-order valence-electron chi connectivity index (χ0n) is 13.9. The van der Waals surface area contributed by atoms with Gasteiger partial charge in [0.2, 0.25) is 5.91 Å². The van der Waals surface area contributed by atoms with Gasteiger partial charge in [-0.15, -0.1) is 0 Å². The Morgan fingerprint density at radius 1 is 0.958 bits per heavy atom. The summed E-state index contributed by atoms with van der Waals surface area (Å²) in [6.45, 7) is 5.56. The molecule has 1 aromatic carbocycles. The lowest BCUT2D eigenvalue weighted by atomic mass is 10.0. The molecule has 6 nitrogen and oxygen atoms in total. The van der Waals surface area contributed by atoms with Gasteiger partial charge in [0, 0.05) is 18.4 Å². The molecule has 0 bridgehead atoms. The number of benzene rings is 1. The summed E-state index contributed by atoms with van der Waals surface area (Å²) in [4.78, 5) is 35.7. The Bertz CT molecular complexity index is 777. The van der Waals surface area contributed by atoms with E-state index in [9.17, 15) is 14.4 Å². The van der Waals surface area contributed by atoms with Crippen molar-refractivity contribution in [3.63, 3.8) is 0 Å². The number of rotatable bonds is 5. The SMILES string of the molecule is Cc1ccc(C(=O)CCC(=O)NNC(=O)c2ccoc2C)cc1C. The number of carbonyl (C=O) groups excluding carboxylic acids is 3. The molecule has 0 saturated carbocycles. The van der Waals surface area contributed by atoms with E-state index in [0.717, 1.165) is 11.1 Å². The zero-order chi connectivity index (χ0) is 17.7. The number of aryl methyl sites for hydroxylation is 3. The first-order valence-electron chi connectivity index (χ1n) is 7.62. The lowest BCUT2D eigenvalue weighted by Gasteiger charge is -2.07. The van der Waals surface area contributed by atoms with Crippen LogP contribution in [0.3, 0.4) is 0 Å². The third-order valence-electron chi connectivity index (χ3n) is 3.83. The fourth-order valence-electron chi connectivity index (χ4n) is 2.16. The molecule has 0 atom stereocenters. The molecule has 24 heavy (non-hydrogen) atoms. The molecule has 0 aliphatic heterocycles. The molecular formula is C18H20N2O4. The summed E-state index contributed by atoms with van der Waals surface area (Å²) in [6.07, 6.45) is 1.47. The average molecular weight is 328 g/mol. The second-order valence-corrected chi connectivity index (χ2v) is 5.61. The molecule has 6 heteroatoms. The van der Waals surface area contributed by atoms with Gasteiger partial charge in [-0.2, -0.15) is 0 Å². The van der Waals surface area contributed by atoms with E-state index >= 15 is 0 Å². The van der Waals surface area contributed by atoms with Crippen LogP contribution in [-0.4, -0.2) is 17.6 Å². The highest BCUT2D eigenvalue weighted by atomic mass is 16.3. The maximum Gasteiger partial charge on any atom is 0.273 e. The number of carbonyl (C=O) groups is 3. The van der Waals surface area contributed by atoms with E-state index in [2.05, 4.69) is 10.9 Å². The first-order valence-corrected chi connectivity index (χ1v) is 7.62. The highest BCUT2D eigenvalue weighted by molar-refractivity contribution is 5.99. The van der Waals surface area contributed by atoms with Gasteiger partial charge in [0.15, 0.2) is 5.78 Å². The van der Waals surface area contributed by atoms with Crippen LogP contribution >= 0.6 is 0 Å². The molecule has 2 amide bonds. The summed E-state index contributed by atoms with van der Waals surface area (Å²) in [5, 5.41) is 0. The molecule has 126 valence electrons. The highest BCUT2D eigenvalue weighted by Gasteiger charge is 2.13. The van der Waals surface area contributed by atoms with Gasteiger partial charge in [-0.25, -0.2) is 0 Å². The maximum absolute atomic E-state index is 12.1. The van der Waals surface area contributed by atoms with Crippen LogP contribution in [0, 0.1) is 20.8 Å². The van der Waals surface area contributed by atoms with Crippen molar-refractivity contribution in [3.05, 3.63) is 58.5 Å². The Kier molecular flexibility index (Phi) is 5.52. The highest BCUT2D eigenvalue weighted by Crippen LogP contribution is 2.12. The standard InChI is InChI=1S/C18H20N2O4/c1-11-4-5-14(10-12(11)2)16(21)6-7-17(22)19-20-18(23)15-8-9-24-13(15)3/h4-5,8-10H,6-7H2,1-3H3,(H,19,22)(H,20,23). The predicted molar refractivity (Wildman–Crippen MR) is 88.5 cm³/mol. The van der Waals surface area contributed by atoms with Crippen LogP contribution in [0.1, 0.15) is 50.4 Å². The lowest BCUT2D eigenvalue weighted by Crippen LogP contribution is -2.41. The monoisotopic (exact) mass is 328 g/mol. The number of hydrogen-bond acceptors (Lipinski definition) is 4. The number of nitrogens with one attached hydrogen (secondary N) is 2. The topological polar surface area (TPSA) is 88.4 Å². The number of Topliss-reactive ketones (excluding diaryl/α,β-unsaturated/α-hetero) is 1. The first kappa shape index (κ1) is 17.5. The minimum absolute atomic E-state index is 0.00357. The summed E-state index contributed by atoms with van der Waals surface area (Å²) in [7, 11) is 0. The molecule has 1 heterocycles. The third kappa shape index (κ3) is 4.32. The zero-order valence-corrected chi connectivity index (χ0v) is 13.9. The van der Waals surface area contributed by atoms with E-state index in [0.29, 0.717) is 16.9 Å². The van der Waals surface area contributed by atoms with E-state index < -0.39 is 11.8 Å². The van der Waals surface area contributed by atoms with Crippen LogP contribution in [0.25, 0.3) is 0 Å². The van der Waals surface area contributed by atoms with Crippen LogP contribution in [0.15, 0.2) is 34.9 Å². The number of ketones is 1. The molecule has 0 unspecified atom stereocenters. The van der Waals surface area contributed by atoms with Crippen LogP contribution < -0.4 is 10.9 Å². The quantitative estimate of drug-likeness (QED) is 0.652. The van der Waals surface area contributed by atoms with Gasteiger partial charge < -0.3 is 4.42 Å². The van der Waals surface area contributed by atoms with Crippen molar-refractivity contribution >= 4 is 17.6 Å². The molecule has 2 rings (SSSR count). The maximum atomic E-state index is 12.1. The molecule has 1 aromatic heterocycles. The van der Waals surface area contributed by atoms with Crippen LogP contribution in [0.5, 0.6) is 0 Å². The van der Waals surface area contributed by atoms with Gasteiger partial charge in [0.05, 0.1) is 11.8 Å². The van der Waals surface area contributed by atoms with Crippen molar-refractivity contribution in [2.24, 2.45) is 0 Å². The van der Waals surface area contributed by atoms with Crippen molar-refractivity contribution in [2.75, 3.05) is 0 Å². The van der Waals surface area contributed by atoms with Crippen LogP contribution in [-0.2, 0) is 4.79 Å². The van der Waals surface area contributed by atoms with Gasteiger partial charge in [-0.05, 0) is 44.0 Å². The Morgan fingerprint density at radius 2 is 1.71 bits per heavy atom. The van der Waals surface area contributed by atoms with Crippen molar-refractivity contribution in [1.29, 1.82) is 0 Å². The van der Waals surface area contributed by atoms with Gasteiger partial charge in [0.1, 0.15) is 5.76 Å². The van der Waals surface area contributed by atoms with E-state index in [1.165, 1.54) is 12.3 Å². The summed E-state index contributed by atoms with van der Waals surface area (Å²) >= 11 is 0. The fraction of sp³-hybridized carbons (Fsp3) is 0.278.